The number of para-hydroxylation sites is 1. The molecular weight excluding hydrogens is 617 g/mol. The molecule has 8 nitrogen and oxygen atoms in total. The Balaban J connectivity index is 1.10. The first-order valence-electron chi connectivity index (χ1n) is 15.0. The molecular formula is C34H30ClF3N6O2. The number of nitriles is 1. The maximum absolute atomic E-state index is 13.1. The molecule has 2 aromatic carbocycles. The minimum absolute atomic E-state index is 0.0812. The molecule has 0 spiro atoms. The topological polar surface area (TPSA) is 100.0 Å². The molecule has 2 aliphatic heterocycles. The lowest BCUT2D eigenvalue weighted by Gasteiger charge is -2.28. The number of hydrogen-bond acceptors (Lipinski definition) is 7. The molecule has 1 saturated carbocycles. The summed E-state index contributed by atoms with van der Waals surface area (Å²) in [7, 11) is 0. The second kappa shape index (κ2) is 11.1. The average Bonchev–Trinajstić information content (AvgIpc) is 3.42. The summed E-state index contributed by atoms with van der Waals surface area (Å²) in [6.07, 6.45) is 1.84. The van der Waals surface area contributed by atoms with Crippen molar-refractivity contribution in [3.63, 3.8) is 0 Å². The molecule has 2 aromatic heterocycles. The highest BCUT2D eigenvalue weighted by Gasteiger charge is 2.44. The number of rotatable bonds is 7. The van der Waals surface area contributed by atoms with Crippen LogP contribution >= 0.6 is 11.6 Å². The molecule has 0 radical (unpaired) electrons. The maximum Gasteiger partial charge on any atom is 0.451 e. The number of nitrogens with zero attached hydrogens (tertiary/aromatic N) is 5. The molecule has 12 heteroatoms. The number of hydrogen-bond donors (Lipinski definition) is 1. The molecule has 3 aliphatic rings. The van der Waals surface area contributed by atoms with E-state index in [2.05, 4.69) is 32.1 Å². The summed E-state index contributed by atoms with van der Waals surface area (Å²) < 4.78 is 52.1. The van der Waals surface area contributed by atoms with E-state index in [1.165, 1.54) is 6.20 Å². The number of halogens is 4. The highest BCUT2D eigenvalue weighted by Crippen LogP contribution is 2.50. The molecule has 7 rings (SSSR count). The summed E-state index contributed by atoms with van der Waals surface area (Å²) in [5.74, 6) is -0.950. The Morgan fingerprint density at radius 2 is 1.98 bits per heavy atom. The van der Waals surface area contributed by atoms with Crippen LogP contribution in [0.3, 0.4) is 0 Å². The zero-order valence-corrected chi connectivity index (χ0v) is 26.0. The van der Waals surface area contributed by atoms with Gasteiger partial charge in [0.1, 0.15) is 0 Å². The molecule has 4 heterocycles. The first-order chi connectivity index (χ1) is 22.0. The summed E-state index contributed by atoms with van der Waals surface area (Å²) >= 11 is 6.58. The van der Waals surface area contributed by atoms with Gasteiger partial charge >= 0.3 is 6.18 Å². The van der Waals surface area contributed by atoms with Gasteiger partial charge in [0, 0.05) is 43.9 Å². The van der Waals surface area contributed by atoms with E-state index in [0.29, 0.717) is 41.6 Å². The van der Waals surface area contributed by atoms with Gasteiger partial charge < -0.3 is 9.47 Å². The van der Waals surface area contributed by atoms with Crippen LogP contribution in [0.2, 0.25) is 5.02 Å². The standard InChI is InChI=1S/C34H30ClF3N6O2/c1-20-6-7-25(26(35)14-20)32(2)45-28-5-3-4-24(29(28)46-32)21-8-12-44(13-9-21)18-27-22(16-33(19-39)10-11-33)15-23(17-40-27)30-41-31(43-42-30)34(36,37)38/h3-8,14-15,17H,9-13,16,18H2,1-2H3,(H,41,42,43)/t32-/m0/s1. The van der Waals surface area contributed by atoms with Crippen molar-refractivity contribution in [1.82, 2.24) is 25.1 Å². The van der Waals surface area contributed by atoms with Crippen LogP contribution in [0.1, 0.15) is 60.0 Å². The largest absolute Gasteiger partial charge is 0.451 e. The van der Waals surface area contributed by atoms with E-state index in [1.807, 2.05) is 55.3 Å². The van der Waals surface area contributed by atoms with E-state index in [-0.39, 0.29) is 5.82 Å². The van der Waals surface area contributed by atoms with Crippen LogP contribution in [0.25, 0.3) is 17.0 Å². The van der Waals surface area contributed by atoms with Crippen LogP contribution in [-0.4, -0.2) is 38.2 Å². The van der Waals surface area contributed by atoms with Gasteiger partial charge in [-0.15, -0.1) is 0 Å². The predicted octanol–water partition coefficient (Wildman–Crippen LogP) is 7.63. The number of nitrogens with one attached hydrogen (secondary N) is 1. The number of aryl methyl sites for hydroxylation is 1. The number of aromatic nitrogens is 4. The number of ether oxygens (including phenoxy) is 2. The third-order valence-electron chi connectivity index (χ3n) is 8.90. The molecule has 1 fully saturated rings. The minimum Gasteiger partial charge on any atom is -0.444 e. The van der Waals surface area contributed by atoms with E-state index in [4.69, 9.17) is 21.1 Å². The van der Waals surface area contributed by atoms with Gasteiger partial charge in [0.2, 0.25) is 5.82 Å². The van der Waals surface area contributed by atoms with Gasteiger partial charge in [0.25, 0.3) is 5.79 Å². The van der Waals surface area contributed by atoms with Crippen molar-refractivity contribution in [2.45, 2.75) is 58.0 Å². The van der Waals surface area contributed by atoms with Crippen LogP contribution in [0.15, 0.2) is 54.7 Å². The summed E-state index contributed by atoms with van der Waals surface area (Å²) in [4.78, 5) is 10.5. The van der Waals surface area contributed by atoms with Crippen LogP contribution in [0, 0.1) is 23.7 Å². The summed E-state index contributed by atoms with van der Waals surface area (Å²) in [5.41, 5.74) is 5.45. The molecule has 236 valence electrons. The SMILES string of the molecule is Cc1ccc([C@@]2(C)Oc3cccc(C4=CCN(Cc5ncc(-c6n[nH]c(C(F)(F)F)n6)cc5CC5(C#N)CC5)CC4)c3O2)c(Cl)c1. The lowest BCUT2D eigenvalue weighted by molar-refractivity contribution is -0.144. The highest BCUT2D eigenvalue weighted by atomic mass is 35.5. The van der Waals surface area contributed by atoms with Gasteiger partial charge in [-0.2, -0.15) is 23.5 Å². The van der Waals surface area contributed by atoms with Crippen molar-refractivity contribution in [2.75, 3.05) is 13.1 Å². The fraction of sp³-hybridized carbons (Fsp3) is 0.353. The first kappa shape index (κ1) is 30.3. The predicted molar refractivity (Wildman–Crippen MR) is 165 cm³/mol. The molecule has 4 aromatic rings. The van der Waals surface area contributed by atoms with Crippen molar-refractivity contribution >= 4 is 17.2 Å². The van der Waals surface area contributed by atoms with E-state index in [9.17, 15) is 18.4 Å². The van der Waals surface area contributed by atoms with Gasteiger partial charge in [-0.3, -0.25) is 15.0 Å². The Hall–Kier alpha value is -4.40. The number of fused-ring (bicyclic) bond motifs is 1. The van der Waals surface area contributed by atoms with Crippen molar-refractivity contribution < 1.29 is 22.6 Å². The summed E-state index contributed by atoms with van der Waals surface area (Å²) in [6, 6.07) is 15.9. The summed E-state index contributed by atoms with van der Waals surface area (Å²) in [5, 5.41) is 16.1. The Morgan fingerprint density at radius 3 is 2.65 bits per heavy atom. The molecule has 1 aliphatic carbocycles. The van der Waals surface area contributed by atoms with Crippen molar-refractivity contribution in [1.29, 1.82) is 5.26 Å². The molecule has 1 atom stereocenters. The van der Waals surface area contributed by atoms with Crippen LogP contribution < -0.4 is 9.47 Å². The van der Waals surface area contributed by atoms with Crippen molar-refractivity contribution in [3.05, 3.63) is 93.5 Å². The van der Waals surface area contributed by atoms with Gasteiger partial charge in [0.15, 0.2) is 17.3 Å². The Labute approximate surface area is 268 Å². The van der Waals surface area contributed by atoms with Crippen LogP contribution in [0.4, 0.5) is 13.2 Å². The number of aromatic amines is 1. The maximum atomic E-state index is 13.1. The van der Waals surface area contributed by atoms with Crippen LogP contribution in [0.5, 0.6) is 11.5 Å². The monoisotopic (exact) mass is 646 g/mol. The molecule has 46 heavy (non-hydrogen) atoms. The van der Waals surface area contributed by atoms with Crippen LogP contribution in [-0.2, 0) is 24.9 Å². The molecule has 0 amide bonds. The first-order valence-corrected chi connectivity index (χ1v) is 15.4. The van der Waals surface area contributed by atoms with Crippen molar-refractivity contribution in [2.24, 2.45) is 5.41 Å². The van der Waals surface area contributed by atoms with Gasteiger partial charge in [-0.05, 0) is 73.6 Å². The lowest BCUT2D eigenvalue weighted by Crippen LogP contribution is -2.32. The fourth-order valence-electron chi connectivity index (χ4n) is 6.11. The zero-order valence-electron chi connectivity index (χ0n) is 25.2. The minimum atomic E-state index is -4.63. The highest BCUT2D eigenvalue weighted by molar-refractivity contribution is 6.31. The van der Waals surface area contributed by atoms with E-state index >= 15 is 0 Å². The van der Waals surface area contributed by atoms with E-state index < -0.39 is 23.2 Å². The normalized spacial score (nSPS) is 20.3. The lowest BCUT2D eigenvalue weighted by atomic mass is 9.94. The number of alkyl halides is 3. The van der Waals surface area contributed by atoms with Gasteiger partial charge in [-0.25, -0.2) is 4.98 Å². The second-order valence-corrected chi connectivity index (χ2v) is 12.8. The Kier molecular flexibility index (Phi) is 7.33. The Morgan fingerprint density at radius 1 is 1.15 bits per heavy atom. The zero-order chi connectivity index (χ0) is 32.3. The molecule has 0 unspecified atom stereocenters. The third-order valence-corrected chi connectivity index (χ3v) is 9.21. The molecule has 1 N–H and O–H groups in total. The smallest absolute Gasteiger partial charge is 0.444 e. The van der Waals surface area contributed by atoms with E-state index in [0.717, 1.165) is 59.3 Å². The Bertz CT molecular complexity index is 1910. The number of pyridine rings is 1. The van der Waals surface area contributed by atoms with Gasteiger partial charge in [-0.1, -0.05) is 35.9 Å². The molecule has 0 bridgehead atoms. The van der Waals surface area contributed by atoms with Crippen molar-refractivity contribution in [3.8, 4) is 29.0 Å². The quantitative estimate of drug-likeness (QED) is 0.220. The van der Waals surface area contributed by atoms with Gasteiger partial charge in [0.05, 0.1) is 27.8 Å². The second-order valence-electron chi connectivity index (χ2n) is 12.4. The average molecular weight is 647 g/mol. The van der Waals surface area contributed by atoms with E-state index in [1.54, 1.807) is 6.07 Å². The fourth-order valence-corrected chi connectivity index (χ4v) is 6.51. The summed E-state index contributed by atoms with van der Waals surface area (Å²) in [6.45, 7) is 5.79. The number of H-pyrrole nitrogens is 1. The molecule has 0 saturated heterocycles. The third kappa shape index (κ3) is 5.72. The number of benzene rings is 2.